The number of aliphatic hydroxyl groups excluding tert-OH is 1. The number of unbranched alkanes of at least 4 members (excludes halogenated alkanes) is 3. The van der Waals surface area contributed by atoms with E-state index in [-0.39, 0.29) is 6.61 Å². The normalized spacial score (nSPS) is 14.4. The first-order valence-electron chi connectivity index (χ1n) is 6.76. The molecule has 1 unspecified atom stereocenters. The van der Waals surface area contributed by atoms with Crippen LogP contribution in [0.2, 0.25) is 0 Å². The average Bonchev–Trinajstić information content (AvgIpc) is 2.39. The van der Waals surface area contributed by atoms with Gasteiger partial charge in [0, 0.05) is 13.2 Å². The minimum Gasteiger partial charge on any atom is -0.396 e. The Morgan fingerprint density at radius 1 is 1.06 bits per heavy atom. The van der Waals surface area contributed by atoms with Crippen molar-refractivity contribution in [2.45, 2.75) is 38.2 Å². The van der Waals surface area contributed by atoms with Crippen molar-refractivity contribution in [3.63, 3.8) is 0 Å². The van der Waals surface area contributed by atoms with Gasteiger partial charge in [0.2, 0.25) is 0 Å². The second-order valence-corrected chi connectivity index (χ2v) is 4.95. The quantitative estimate of drug-likeness (QED) is 0.589. The molecule has 0 saturated heterocycles. The highest BCUT2D eigenvalue weighted by Gasteiger charge is 2.21. The smallest absolute Gasteiger partial charge is 0.0992 e. The third-order valence-electron chi connectivity index (χ3n) is 3.13. The average molecular weight is 251 g/mol. The van der Waals surface area contributed by atoms with E-state index in [1.54, 1.807) is 0 Å². The Kier molecular flexibility index (Phi) is 6.94. The topological polar surface area (TPSA) is 52.5 Å². The maximum absolute atomic E-state index is 10.3. The van der Waals surface area contributed by atoms with E-state index in [1.807, 2.05) is 37.3 Å². The van der Waals surface area contributed by atoms with E-state index in [0.29, 0.717) is 6.54 Å². The molecule has 0 aliphatic rings. The fourth-order valence-corrected chi connectivity index (χ4v) is 1.95. The molecule has 1 rings (SSSR count). The third kappa shape index (κ3) is 5.63. The van der Waals surface area contributed by atoms with Crippen molar-refractivity contribution in [3.05, 3.63) is 35.9 Å². The van der Waals surface area contributed by atoms with Crippen molar-refractivity contribution in [1.29, 1.82) is 0 Å². The molecule has 0 aromatic heterocycles. The molecule has 0 aliphatic carbocycles. The van der Waals surface area contributed by atoms with E-state index in [0.717, 1.165) is 37.8 Å². The summed E-state index contributed by atoms with van der Waals surface area (Å²) in [4.78, 5) is 0. The molecule has 0 saturated carbocycles. The van der Waals surface area contributed by atoms with Crippen LogP contribution in [0.5, 0.6) is 0 Å². The zero-order valence-electron chi connectivity index (χ0n) is 11.2. The van der Waals surface area contributed by atoms with Crippen LogP contribution in [-0.2, 0) is 5.60 Å². The molecule has 102 valence electrons. The molecule has 3 nitrogen and oxygen atoms in total. The molecule has 0 heterocycles. The van der Waals surface area contributed by atoms with Crippen LogP contribution in [0.3, 0.4) is 0 Å². The van der Waals surface area contributed by atoms with E-state index in [1.165, 1.54) is 0 Å². The highest BCUT2D eigenvalue weighted by atomic mass is 16.3. The van der Waals surface area contributed by atoms with Crippen LogP contribution in [0.25, 0.3) is 0 Å². The molecule has 1 aromatic rings. The summed E-state index contributed by atoms with van der Waals surface area (Å²) in [5, 5.41) is 22.3. The Balaban J connectivity index is 2.18. The Morgan fingerprint density at radius 3 is 2.39 bits per heavy atom. The van der Waals surface area contributed by atoms with Gasteiger partial charge >= 0.3 is 0 Å². The highest BCUT2D eigenvalue weighted by molar-refractivity contribution is 5.21. The third-order valence-corrected chi connectivity index (χ3v) is 3.13. The molecule has 0 radical (unpaired) electrons. The van der Waals surface area contributed by atoms with Gasteiger partial charge in [-0.05, 0) is 31.9 Å². The maximum atomic E-state index is 10.3. The predicted molar refractivity (Wildman–Crippen MR) is 74.4 cm³/mol. The summed E-state index contributed by atoms with van der Waals surface area (Å²) < 4.78 is 0. The molecule has 3 N–H and O–H groups in total. The zero-order valence-corrected chi connectivity index (χ0v) is 11.2. The first-order valence-corrected chi connectivity index (χ1v) is 6.76. The predicted octanol–water partition coefficient (Wildman–Crippen LogP) is 2.04. The van der Waals surface area contributed by atoms with Gasteiger partial charge in [-0.15, -0.1) is 0 Å². The van der Waals surface area contributed by atoms with Crippen LogP contribution in [0.1, 0.15) is 38.2 Å². The van der Waals surface area contributed by atoms with Crippen molar-refractivity contribution in [2.75, 3.05) is 19.7 Å². The molecule has 1 aromatic carbocycles. The monoisotopic (exact) mass is 251 g/mol. The van der Waals surface area contributed by atoms with E-state index in [4.69, 9.17) is 5.11 Å². The molecule has 18 heavy (non-hydrogen) atoms. The van der Waals surface area contributed by atoms with E-state index in [2.05, 4.69) is 5.32 Å². The number of nitrogens with one attached hydrogen (secondary N) is 1. The lowest BCUT2D eigenvalue weighted by Gasteiger charge is -2.24. The van der Waals surface area contributed by atoms with Gasteiger partial charge in [-0.25, -0.2) is 0 Å². The van der Waals surface area contributed by atoms with Crippen molar-refractivity contribution in [2.24, 2.45) is 0 Å². The molecular formula is C15H25NO2. The summed E-state index contributed by atoms with van der Waals surface area (Å²) >= 11 is 0. The summed E-state index contributed by atoms with van der Waals surface area (Å²) in [6.45, 7) is 3.60. The lowest BCUT2D eigenvalue weighted by molar-refractivity contribution is 0.0571. The Bertz CT molecular complexity index is 312. The van der Waals surface area contributed by atoms with Crippen molar-refractivity contribution < 1.29 is 10.2 Å². The molecule has 0 spiro atoms. The van der Waals surface area contributed by atoms with Crippen molar-refractivity contribution >= 4 is 0 Å². The van der Waals surface area contributed by atoms with Gasteiger partial charge in [0.05, 0.1) is 5.60 Å². The second-order valence-electron chi connectivity index (χ2n) is 4.95. The summed E-state index contributed by atoms with van der Waals surface area (Å²) in [6, 6.07) is 9.73. The lowest BCUT2D eigenvalue weighted by Crippen LogP contribution is -2.35. The van der Waals surface area contributed by atoms with E-state index >= 15 is 0 Å². The second kappa shape index (κ2) is 8.25. The number of benzene rings is 1. The van der Waals surface area contributed by atoms with Crippen LogP contribution in [-0.4, -0.2) is 29.9 Å². The molecule has 0 bridgehead atoms. The molecule has 1 atom stereocenters. The van der Waals surface area contributed by atoms with Gasteiger partial charge in [-0.1, -0.05) is 43.2 Å². The summed E-state index contributed by atoms with van der Waals surface area (Å²) in [5.41, 5.74) is 0.129. The van der Waals surface area contributed by atoms with Gasteiger partial charge in [0.1, 0.15) is 0 Å². The van der Waals surface area contributed by atoms with E-state index < -0.39 is 5.60 Å². The standard InChI is InChI=1S/C15H25NO2/c1-15(18,14-9-5-4-6-10-14)13-16-11-7-2-3-8-12-17/h4-6,9-10,16-18H,2-3,7-8,11-13H2,1H3. The van der Waals surface area contributed by atoms with Crippen LogP contribution in [0, 0.1) is 0 Å². The van der Waals surface area contributed by atoms with E-state index in [9.17, 15) is 5.11 Å². The Labute approximate surface area is 110 Å². The lowest BCUT2D eigenvalue weighted by atomic mass is 9.96. The highest BCUT2D eigenvalue weighted by Crippen LogP contribution is 2.18. The van der Waals surface area contributed by atoms with Crippen LogP contribution in [0.4, 0.5) is 0 Å². The maximum Gasteiger partial charge on any atom is 0.0992 e. The van der Waals surface area contributed by atoms with Crippen LogP contribution < -0.4 is 5.32 Å². The summed E-state index contributed by atoms with van der Waals surface area (Å²) in [5.74, 6) is 0. The first kappa shape index (κ1) is 15.2. The summed E-state index contributed by atoms with van der Waals surface area (Å²) in [6.07, 6.45) is 4.18. The van der Waals surface area contributed by atoms with Gasteiger partial charge in [-0.3, -0.25) is 0 Å². The van der Waals surface area contributed by atoms with Gasteiger partial charge in [0.25, 0.3) is 0 Å². The molecule has 0 amide bonds. The largest absolute Gasteiger partial charge is 0.396 e. The van der Waals surface area contributed by atoms with Crippen LogP contribution in [0.15, 0.2) is 30.3 Å². The molecule has 0 fully saturated rings. The Hall–Kier alpha value is -0.900. The van der Waals surface area contributed by atoms with Crippen molar-refractivity contribution in [3.8, 4) is 0 Å². The SMILES string of the molecule is CC(O)(CNCCCCCCO)c1ccccc1. The van der Waals surface area contributed by atoms with Gasteiger partial charge in [0.15, 0.2) is 0 Å². The first-order chi connectivity index (χ1) is 8.67. The molecular weight excluding hydrogens is 226 g/mol. The number of rotatable bonds is 9. The number of hydrogen-bond donors (Lipinski definition) is 3. The Morgan fingerprint density at radius 2 is 1.72 bits per heavy atom. The molecule has 3 heteroatoms. The van der Waals surface area contributed by atoms with Crippen molar-refractivity contribution in [1.82, 2.24) is 5.32 Å². The minimum atomic E-state index is -0.813. The van der Waals surface area contributed by atoms with Crippen LogP contribution >= 0.6 is 0 Å². The van der Waals surface area contributed by atoms with Gasteiger partial charge in [-0.2, -0.15) is 0 Å². The fourth-order valence-electron chi connectivity index (χ4n) is 1.95. The fraction of sp³-hybridized carbons (Fsp3) is 0.600. The minimum absolute atomic E-state index is 0.288. The summed E-state index contributed by atoms with van der Waals surface area (Å²) in [7, 11) is 0. The van der Waals surface area contributed by atoms with Gasteiger partial charge < -0.3 is 15.5 Å². The number of hydrogen-bond acceptors (Lipinski definition) is 3. The molecule has 0 aliphatic heterocycles. The zero-order chi connectivity index (χ0) is 13.3. The number of aliphatic hydroxyl groups is 2.